The van der Waals surface area contributed by atoms with Crippen molar-refractivity contribution >= 4 is 15.9 Å². The monoisotopic (exact) mass is 435 g/mol. The van der Waals surface area contributed by atoms with Crippen molar-refractivity contribution in [3.8, 4) is 5.75 Å². The number of ether oxygens (including phenoxy) is 1. The molecule has 0 atom stereocenters. The van der Waals surface area contributed by atoms with Gasteiger partial charge in [0, 0.05) is 51.1 Å². The number of fused-ring (bicyclic) bond motifs is 1. The normalized spacial score (nSPS) is 22.9. The summed E-state index contributed by atoms with van der Waals surface area (Å²) >= 11 is 0. The van der Waals surface area contributed by atoms with Crippen molar-refractivity contribution in [3.05, 3.63) is 29.3 Å². The van der Waals surface area contributed by atoms with Crippen molar-refractivity contribution in [2.24, 2.45) is 0 Å². The minimum absolute atomic E-state index is 0.214. The maximum absolute atomic E-state index is 12.6. The summed E-state index contributed by atoms with van der Waals surface area (Å²) < 4.78 is 33.0. The molecule has 0 saturated carbocycles. The molecular weight excluding hydrogens is 402 g/mol. The first-order valence-corrected chi connectivity index (χ1v) is 12.8. The molecule has 3 aliphatic rings. The van der Waals surface area contributed by atoms with E-state index in [2.05, 4.69) is 4.90 Å². The molecule has 1 amide bonds. The van der Waals surface area contributed by atoms with Gasteiger partial charge in [-0.2, -0.15) is 4.31 Å². The summed E-state index contributed by atoms with van der Waals surface area (Å²) in [6, 6.07) is 5.98. The van der Waals surface area contributed by atoms with Gasteiger partial charge in [0.25, 0.3) is 0 Å². The van der Waals surface area contributed by atoms with Crippen molar-refractivity contribution in [1.82, 2.24) is 14.1 Å². The van der Waals surface area contributed by atoms with Crippen LogP contribution in [0.1, 0.15) is 43.2 Å². The molecule has 1 aromatic rings. The molecule has 0 radical (unpaired) electrons. The molecule has 3 aliphatic heterocycles. The molecule has 0 bridgehead atoms. The van der Waals surface area contributed by atoms with Crippen LogP contribution in [0.3, 0.4) is 0 Å². The summed E-state index contributed by atoms with van der Waals surface area (Å²) in [7, 11) is -3.35. The first-order chi connectivity index (χ1) is 14.2. The van der Waals surface area contributed by atoms with Crippen LogP contribution >= 0.6 is 0 Å². The highest BCUT2D eigenvalue weighted by atomic mass is 32.2. The number of benzene rings is 1. The van der Waals surface area contributed by atoms with Gasteiger partial charge in [0.05, 0.1) is 19.3 Å². The molecule has 7 nitrogen and oxygen atoms in total. The largest absolute Gasteiger partial charge is 0.485 e. The van der Waals surface area contributed by atoms with Crippen molar-refractivity contribution in [2.75, 3.05) is 45.5 Å². The second-order valence-corrected chi connectivity index (χ2v) is 11.1. The zero-order valence-corrected chi connectivity index (χ0v) is 18.9. The highest BCUT2D eigenvalue weighted by Gasteiger charge is 2.43. The number of carbonyl (C=O) groups is 1. The van der Waals surface area contributed by atoms with E-state index in [9.17, 15) is 13.2 Å². The third-order valence-electron chi connectivity index (χ3n) is 6.66. The topological polar surface area (TPSA) is 70.2 Å². The quantitative estimate of drug-likeness (QED) is 0.726. The van der Waals surface area contributed by atoms with E-state index >= 15 is 0 Å². The van der Waals surface area contributed by atoms with E-state index in [0.29, 0.717) is 32.5 Å². The van der Waals surface area contributed by atoms with Gasteiger partial charge in [-0.05, 0) is 32.3 Å². The molecule has 1 aromatic carbocycles. The molecular formula is C22H33N3O4S. The molecule has 2 fully saturated rings. The fourth-order valence-corrected chi connectivity index (χ4v) is 5.66. The second kappa shape index (κ2) is 8.48. The molecule has 4 rings (SSSR count). The van der Waals surface area contributed by atoms with Crippen LogP contribution in [0.4, 0.5) is 0 Å². The van der Waals surface area contributed by atoms with E-state index in [1.54, 1.807) is 4.31 Å². The highest BCUT2D eigenvalue weighted by molar-refractivity contribution is 7.88. The lowest BCUT2D eigenvalue weighted by Crippen LogP contribution is -2.55. The number of rotatable bonds is 3. The predicted molar refractivity (Wildman–Crippen MR) is 116 cm³/mol. The summed E-state index contributed by atoms with van der Waals surface area (Å²) in [5.74, 6) is 0.996. The van der Waals surface area contributed by atoms with Gasteiger partial charge in [0.15, 0.2) is 0 Å². The average Bonchev–Trinajstić information content (AvgIpc) is 2.87. The third kappa shape index (κ3) is 4.81. The number of sulfonamides is 1. The number of piperidine rings is 2. The van der Waals surface area contributed by atoms with Crippen LogP contribution in [0.15, 0.2) is 18.2 Å². The van der Waals surface area contributed by atoms with Gasteiger partial charge in [0.1, 0.15) is 11.4 Å². The Balaban J connectivity index is 1.47. The lowest BCUT2D eigenvalue weighted by Gasteiger charge is -2.42. The lowest BCUT2D eigenvalue weighted by molar-refractivity contribution is -0.134. The van der Waals surface area contributed by atoms with E-state index in [-0.39, 0.29) is 5.91 Å². The van der Waals surface area contributed by atoms with E-state index in [0.717, 1.165) is 55.9 Å². The fraction of sp³-hybridized carbons (Fsp3) is 0.682. The van der Waals surface area contributed by atoms with E-state index < -0.39 is 15.6 Å². The number of nitrogens with zero attached hydrogens (tertiary/aromatic N) is 3. The Morgan fingerprint density at radius 3 is 2.47 bits per heavy atom. The van der Waals surface area contributed by atoms with Crippen LogP contribution in [0.2, 0.25) is 0 Å². The Labute approximate surface area is 180 Å². The number of carbonyl (C=O) groups excluding carboxylic acids is 1. The Morgan fingerprint density at radius 2 is 1.80 bits per heavy atom. The average molecular weight is 436 g/mol. The minimum atomic E-state index is -3.35. The molecule has 3 heterocycles. The summed E-state index contributed by atoms with van der Waals surface area (Å²) in [5.41, 5.74) is 1.46. The Kier molecular flexibility index (Phi) is 6.10. The molecule has 30 heavy (non-hydrogen) atoms. The van der Waals surface area contributed by atoms with E-state index in [4.69, 9.17) is 4.74 Å². The van der Waals surface area contributed by atoms with Crippen LogP contribution in [-0.4, -0.2) is 79.6 Å². The van der Waals surface area contributed by atoms with Gasteiger partial charge < -0.3 is 9.64 Å². The number of likely N-dealkylation sites (tertiary alicyclic amines) is 2. The summed E-state index contributed by atoms with van der Waals surface area (Å²) in [5, 5.41) is 0. The number of hydrogen-bond donors (Lipinski definition) is 0. The molecule has 0 aromatic heterocycles. The molecule has 8 heteroatoms. The molecule has 1 spiro atoms. The number of aryl methyl sites for hydroxylation is 1. The van der Waals surface area contributed by atoms with Crippen LogP contribution < -0.4 is 4.74 Å². The number of hydrogen-bond acceptors (Lipinski definition) is 5. The van der Waals surface area contributed by atoms with E-state index in [1.165, 1.54) is 12.7 Å². The minimum Gasteiger partial charge on any atom is -0.485 e. The van der Waals surface area contributed by atoms with Crippen LogP contribution in [0, 0.1) is 6.92 Å². The van der Waals surface area contributed by atoms with Crippen molar-refractivity contribution < 1.29 is 17.9 Å². The summed E-state index contributed by atoms with van der Waals surface area (Å²) in [6.07, 6.45) is 6.10. The molecule has 0 aliphatic carbocycles. The zero-order valence-electron chi connectivity index (χ0n) is 18.1. The SMILES string of the molecule is Cc1ccc2c(c1)CN(S(C)(=O)=O)CC1(CCN(CC(=O)N3CCCCC3)CC1)O2. The summed E-state index contributed by atoms with van der Waals surface area (Å²) in [4.78, 5) is 16.8. The van der Waals surface area contributed by atoms with Gasteiger partial charge in [-0.15, -0.1) is 0 Å². The maximum Gasteiger partial charge on any atom is 0.236 e. The van der Waals surface area contributed by atoms with Crippen molar-refractivity contribution in [3.63, 3.8) is 0 Å². The third-order valence-corrected chi connectivity index (χ3v) is 7.85. The van der Waals surface area contributed by atoms with Crippen LogP contribution in [0.5, 0.6) is 5.75 Å². The highest BCUT2D eigenvalue weighted by Crippen LogP contribution is 2.36. The van der Waals surface area contributed by atoms with E-state index in [1.807, 2.05) is 30.0 Å². The molecule has 0 N–H and O–H groups in total. The summed E-state index contributed by atoms with van der Waals surface area (Å²) in [6.45, 7) is 6.36. The Morgan fingerprint density at radius 1 is 1.10 bits per heavy atom. The number of amides is 1. The zero-order chi connectivity index (χ0) is 21.4. The van der Waals surface area contributed by atoms with Gasteiger partial charge in [-0.3, -0.25) is 9.69 Å². The van der Waals surface area contributed by atoms with Crippen LogP contribution in [-0.2, 0) is 21.4 Å². The fourth-order valence-electron chi connectivity index (χ4n) is 4.81. The molecule has 0 unspecified atom stereocenters. The Bertz CT molecular complexity index is 888. The van der Waals surface area contributed by atoms with Crippen molar-refractivity contribution in [1.29, 1.82) is 0 Å². The second-order valence-electron chi connectivity index (χ2n) is 9.14. The lowest BCUT2D eigenvalue weighted by atomic mass is 9.91. The molecule has 166 valence electrons. The molecule has 2 saturated heterocycles. The van der Waals surface area contributed by atoms with Gasteiger partial charge in [-0.1, -0.05) is 17.7 Å². The van der Waals surface area contributed by atoms with Gasteiger partial charge in [-0.25, -0.2) is 8.42 Å². The smallest absolute Gasteiger partial charge is 0.236 e. The van der Waals surface area contributed by atoms with Gasteiger partial charge >= 0.3 is 0 Å². The van der Waals surface area contributed by atoms with Crippen molar-refractivity contribution in [2.45, 2.75) is 51.2 Å². The maximum atomic E-state index is 12.6. The first kappa shape index (κ1) is 21.6. The first-order valence-electron chi connectivity index (χ1n) is 11.0. The van der Waals surface area contributed by atoms with Crippen LogP contribution in [0.25, 0.3) is 0 Å². The van der Waals surface area contributed by atoms with Gasteiger partial charge in [0.2, 0.25) is 15.9 Å². The standard InChI is InChI=1S/C22H33N3O4S/c1-18-6-7-20-19(14-18)15-25(30(2,27)28)17-22(29-20)8-12-23(13-9-22)16-21(26)24-10-4-3-5-11-24/h6-7,14H,3-5,8-13,15-17H2,1-2H3. The Hall–Kier alpha value is -1.64. The predicted octanol–water partition coefficient (Wildman–Crippen LogP) is 2.00.